The molecule has 0 bridgehead atoms. The van der Waals surface area contributed by atoms with E-state index in [1.165, 1.54) is 4.90 Å². The number of alkyl halides is 1. The van der Waals surface area contributed by atoms with Crippen LogP contribution in [0.3, 0.4) is 0 Å². The summed E-state index contributed by atoms with van der Waals surface area (Å²) in [5.74, 6) is -0.0973. The van der Waals surface area contributed by atoms with E-state index in [0.717, 1.165) is 5.56 Å². The van der Waals surface area contributed by atoms with Gasteiger partial charge in [0.05, 0.1) is 5.56 Å². The van der Waals surface area contributed by atoms with Gasteiger partial charge < -0.3 is 0 Å². The quantitative estimate of drug-likeness (QED) is 0.458. The lowest BCUT2D eigenvalue weighted by Crippen LogP contribution is -2.44. The molecule has 1 aromatic carbocycles. The van der Waals surface area contributed by atoms with Gasteiger partial charge in [0.15, 0.2) is 0 Å². The van der Waals surface area contributed by atoms with E-state index in [1.807, 2.05) is 32.0 Å². The summed E-state index contributed by atoms with van der Waals surface area (Å²) in [6, 6.07) is 7.35. The van der Waals surface area contributed by atoms with Gasteiger partial charge in [-0.05, 0) is 19.4 Å². The summed E-state index contributed by atoms with van der Waals surface area (Å²) < 4.78 is 0. The monoisotopic (exact) mass is 253 g/mol. The maximum Gasteiger partial charge on any atom is 0.261 e. The fourth-order valence-electron chi connectivity index (χ4n) is 1.77. The van der Waals surface area contributed by atoms with Gasteiger partial charge in [-0.25, -0.2) is 0 Å². The van der Waals surface area contributed by atoms with Crippen LogP contribution >= 0.6 is 23.8 Å². The van der Waals surface area contributed by atoms with Crippen LogP contribution < -0.4 is 0 Å². The Bertz CT molecular complexity index is 435. The maximum absolute atomic E-state index is 12.2. The lowest BCUT2D eigenvalue weighted by Gasteiger charge is -2.31. The van der Waals surface area contributed by atoms with E-state index in [9.17, 15) is 4.79 Å². The number of nitrogens with zero attached hydrogens (tertiary/aromatic N) is 1. The molecule has 16 heavy (non-hydrogen) atoms. The number of amides is 1. The fraction of sp³-hybridized carbons (Fsp3) is 0.333. The zero-order chi connectivity index (χ0) is 11.9. The van der Waals surface area contributed by atoms with E-state index in [0.29, 0.717) is 17.0 Å². The number of benzene rings is 1. The second-order valence-electron chi connectivity index (χ2n) is 3.99. The van der Waals surface area contributed by atoms with Crippen LogP contribution in [0, 0.1) is 0 Å². The fourth-order valence-corrected chi connectivity index (χ4v) is 2.44. The number of rotatable bonds is 2. The molecule has 1 heterocycles. The molecule has 84 valence electrons. The van der Waals surface area contributed by atoms with Crippen LogP contribution in [0.25, 0.3) is 0 Å². The number of fused-ring (bicyclic) bond motifs is 1. The normalized spacial score (nSPS) is 18.6. The Hall–Kier alpha value is -0.930. The van der Waals surface area contributed by atoms with Crippen molar-refractivity contribution in [2.75, 3.05) is 0 Å². The van der Waals surface area contributed by atoms with Gasteiger partial charge in [0, 0.05) is 5.56 Å². The third-order valence-corrected chi connectivity index (χ3v) is 3.74. The third-order valence-electron chi connectivity index (χ3n) is 2.91. The average Bonchev–Trinajstić information content (AvgIpc) is 2.53. The molecular weight excluding hydrogens is 242 g/mol. The minimum atomic E-state index is -0.743. The van der Waals surface area contributed by atoms with Gasteiger partial charge >= 0.3 is 0 Å². The first-order valence-corrected chi connectivity index (χ1v) is 5.94. The molecule has 0 radical (unpaired) electrons. The first-order chi connectivity index (χ1) is 7.49. The molecule has 4 heteroatoms. The molecule has 1 unspecified atom stereocenters. The minimum absolute atomic E-state index is 0.0973. The van der Waals surface area contributed by atoms with Gasteiger partial charge in [-0.2, -0.15) is 0 Å². The van der Waals surface area contributed by atoms with Crippen LogP contribution in [0.15, 0.2) is 24.3 Å². The van der Waals surface area contributed by atoms with Crippen molar-refractivity contribution >= 4 is 34.7 Å². The van der Waals surface area contributed by atoms with Gasteiger partial charge in [0.2, 0.25) is 0 Å². The summed E-state index contributed by atoms with van der Waals surface area (Å²) in [6.45, 7) is 3.75. The lowest BCUT2D eigenvalue weighted by molar-refractivity contribution is 0.0801. The molecule has 0 aromatic heterocycles. The lowest BCUT2D eigenvalue weighted by atomic mass is 10.1. The number of hydrogen-bond donors (Lipinski definition) is 0. The molecule has 1 aromatic rings. The van der Waals surface area contributed by atoms with E-state index >= 15 is 0 Å². The molecular formula is C12H12ClNOS. The van der Waals surface area contributed by atoms with E-state index in [4.69, 9.17) is 23.8 Å². The maximum atomic E-state index is 12.2. The van der Waals surface area contributed by atoms with Crippen molar-refractivity contribution in [3.63, 3.8) is 0 Å². The second kappa shape index (κ2) is 3.82. The highest BCUT2D eigenvalue weighted by atomic mass is 35.5. The van der Waals surface area contributed by atoms with Crippen molar-refractivity contribution in [2.24, 2.45) is 0 Å². The summed E-state index contributed by atoms with van der Waals surface area (Å²) in [5, 5.41) is 0. The summed E-state index contributed by atoms with van der Waals surface area (Å²) in [5.41, 5.74) is 1.45. The molecule has 0 fully saturated rings. The predicted molar refractivity (Wildman–Crippen MR) is 68.9 cm³/mol. The van der Waals surface area contributed by atoms with Crippen molar-refractivity contribution in [3.8, 4) is 0 Å². The van der Waals surface area contributed by atoms with E-state index in [2.05, 4.69) is 0 Å². The molecule has 2 rings (SSSR count). The number of carbonyl (C=O) groups is 1. The number of thiocarbonyl (C=S) groups is 1. The molecule has 1 amide bonds. The van der Waals surface area contributed by atoms with E-state index in [1.54, 1.807) is 6.07 Å². The van der Waals surface area contributed by atoms with Crippen LogP contribution in [0.5, 0.6) is 0 Å². The van der Waals surface area contributed by atoms with Gasteiger partial charge in [-0.3, -0.25) is 9.69 Å². The second-order valence-corrected chi connectivity index (χ2v) is 5.19. The van der Waals surface area contributed by atoms with Gasteiger partial charge in [-0.1, -0.05) is 48.9 Å². The Morgan fingerprint density at radius 1 is 1.38 bits per heavy atom. The summed E-state index contributed by atoms with van der Waals surface area (Å²) in [6.07, 6.45) is 0.647. The molecule has 0 aliphatic carbocycles. The molecule has 0 N–H and O–H groups in total. The number of carbonyl (C=O) groups excluding carboxylic acids is 1. The van der Waals surface area contributed by atoms with Crippen molar-refractivity contribution in [2.45, 2.75) is 25.3 Å². The molecule has 1 atom stereocenters. The van der Waals surface area contributed by atoms with Crippen LogP contribution in [0.4, 0.5) is 0 Å². The van der Waals surface area contributed by atoms with Crippen molar-refractivity contribution in [3.05, 3.63) is 35.4 Å². The van der Waals surface area contributed by atoms with Crippen LogP contribution in [0.2, 0.25) is 0 Å². The van der Waals surface area contributed by atoms with Crippen molar-refractivity contribution in [1.29, 1.82) is 0 Å². The Morgan fingerprint density at radius 3 is 2.44 bits per heavy atom. The largest absolute Gasteiger partial charge is 0.279 e. The zero-order valence-electron chi connectivity index (χ0n) is 9.16. The highest BCUT2D eigenvalue weighted by molar-refractivity contribution is 7.80. The third kappa shape index (κ3) is 1.55. The van der Waals surface area contributed by atoms with E-state index in [-0.39, 0.29) is 5.91 Å². The molecule has 1 aliphatic heterocycles. The van der Waals surface area contributed by atoms with Gasteiger partial charge in [0.25, 0.3) is 5.91 Å². The smallest absolute Gasteiger partial charge is 0.261 e. The van der Waals surface area contributed by atoms with Gasteiger partial charge in [0.1, 0.15) is 9.99 Å². The Morgan fingerprint density at radius 2 is 1.94 bits per heavy atom. The van der Waals surface area contributed by atoms with Gasteiger partial charge in [-0.15, -0.1) is 0 Å². The van der Waals surface area contributed by atoms with Crippen molar-refractivity contribution < 1.29 is 4.79 Å². The Kier molecular flexibility index (Phi) is 2.76. The average molecular weight is 254 g/mol. The SMILES string of the molecule is CCC(C)(Cl)N1C(=O)c2ccccc2C1=S. The Labute approximate surface area is 105 Å². The molecule has 0 spiro atoms. The minimum Gasteiger partial charge on any atom is -0.279 e. The van der Waals surface area contributed by atoms with Crippen molar-refractivity contribution in [1.82, 2.24) is 4.90 Å². The predicted octanol–water partition coefficient (Wildman–Crippen LogP) is 3.18. The molecule has 0 saturated heterocycles. The summed E-state index contributed by atoms with van der Waals surface area (Å²) in [7, 11) is 0. The number of halogens is 1. The van der Waals surface area contributed by atoms with Crippen LogP contribution in [-0.4, -0.2) is 20.8 Å². The topological polar surface area (TPSA) is 20.3 Å². The Balaban J connectivity index is 2.51. The first kappa shape index (κ1) is 11.6. The number of hydrogen-bond acceptors (Lipinski definition) is 2. The first-order valence-electron chi connectivity index (χ1n) is 5.16. The molecule has 1 aliphatic rings. The van der Waals surface area contributed by atoms with E-state index < -0.39 is 5.00 Å². The highest BCUT2D eigenvalue weighted by Crippen LogP contribution is 2.34. The molecule has 2 nitrogen and oxygen atoms in total. The summed E-state index contributed by atoms with van der Waals surface area (Å²) in [4.78, 5) is 13.5. The van der Waals surface area contributed by atoms with Crippen LogP contribution in [0.1, 0.15) is 36.2 Å². The standard InChI is InChI=1S/C12H12ClNOS/c1-3-12(2,13)14-10(15)8-6-4-5-7-9(8)11(14)16/h4-7H,3H2,1-2H3. The summed E-state index contributed by atoms with van der Waals surface area (Å²) >= 11 is 11.6. The molecule has 0 saturated carbocycles. The zero-order valence-corrected chi connectivity index (χ0v) is 10.7. The highest BCUT2D eigenvalue weighted by Gasteiger charge is 2.41. The van der Waals surface area contributed by atoms with Crippen LogP contribution in [-0.2, 0) is 0 Å².